The van der Waals surface area contributed by atoms with E-state index in [1.54, 1.807) is 0 Å². The van der Waals surface area contributed by atoms with Crippen molar-refractivity contribution in [1.29, 1.82) is 0 Å². The Kier molecular flexibility index (Phi) is 2.89. The molecule has 0 N–H and O–H groups in total. The number of nitrogens with zero attached hydrogens (tertiary/aromatic N) is 2. The van der Waals surface area contributed by atoms with Gasteiger partial charge in [-0.05, 0) is 57.2 Å². The van der Waals surface area contributed by atoms with Crippen LogP contribution in [0.3, 0.4) is 0 Å². The van der Waals surface area contributed by atoms with Crippen molar-refractivity contribution in [2.24, 2.45) is 0 Å². The number of hydrogen-bond acceptors (Lipinski definition) is 3. The van der Waals surface area contributed by atoms with Gasteiger partial charge in [-0.15, -0.1) is 11.3 Å². The molecule has 0 aliphatic carbocycles. The standard InChI is InChI=1S/C48H30N2S/c1-3-12-31(13-4-1)33-22-25-35(26-23-33)44-30-43(34-15-5-2-6-16-34)49-48(50-44)42-29-41-39-18-9-10-21-45(39)51-47(41)40-20-11-19-38(46(40)42)37-27-24-32-14-7-8-17-36(32)28-37/h1-30H/i1D,2D,3D,4D,5D,6D,7D,8D,9D,10D,11D,12D,13D,14D,15D,16D,17D,18D,19D,20D,21D,22D,23D,24D,25D,26D,27D,28D,29D,30D. The number of fused-ring (bicyclic) bond motifs is 6. The summed E-state index contributed by atoms with van der Waals surface area (Å²) < 4.78 is 268. The molecule has 51 heavy (non-hydrogen) atoms. The highest BCUT2D eigenvalue weighted by molar-refractivity contribution is 7.26. The van der Waals surface area contributed by atoms with E-state index >= 15 is 0 Å². The molecule has 0 saturated heterocycles. The summed E-state index contributed by atoms with van der Waals surface area (Å²) >= 11 is 0.591. The fourth-order valence-electron chi connectivity index (χ4n) is 5.44. The van der Waals surface area contributed by atoms with Crippen molar-refractivity contribution in [3.63, 3.8) is 0 Å². The van der Waals surface area contributed by atoms with Gasteiger partial charge in [0.05, 0.1) is 52.5 Å². The third kappa shape index (κ3) is 5.18. The van der Waals surface area contributed by atoms with Crippen LogP contribution >= 0.6 is 11.3 Å². The Morgan fingerprint density at radius 3 is 1.76 bits per heavy atom. The maximum absolute atomic E-state index is 10.2. The molecular weight excluding hydrogens is 637 g/mol. The van der Waals surface area contributed by atoms with E-state index in [0.29, 0.717) is 11.3 Å². The Morgan fingerprint density at radius 2 is 0.980 bits per heavy atom. The van der Waals surface area contributed by atoms with Crippen molar-refractivity contribution in [1.82, 2.24) is 9.97 Å². The van der Waals surface area contributed by atoms with Gasteiger partial charge in [0.25, 0.3) is 0 Å². The van der Waals surface area contributed by atoms with Crippen LogP contribution in [0, 0.1) is 0 Å². The lowest BCUT2D eigenvalue weighted by Gasteiger charge is -2.15. The van der Waals surface area contributed by atoms with E-state index in [4.69, 9.17) is 26.0 Å². The van der Waals surface area contributed by atoms with Gasteiger partial charge in [-0.1, -0.05) is 157 Å². The normalized spacial score (nSPS) is 19.8. The maximum Gasteiger partial charge on any atom is 0.161 e. The summed E-state index contributed by atoms with van der Waals surface area (Å²) in [6.45, 7) is 0. The molecule has 0 fully saturated rings. The van der Waals surface area contributed by atoms with Gasteiger partial charge >= 0.3 is 0 Å². The summed E-state index contributed by atoms with van der Waals surface area (Å²) in [5.41, 5.74) is -7.70. The Balaban J connectivity index is 1.51. The second-order valence-corrected chi connectivity index (χ2v) is 11.7. The monoisotopic (exact) mass is 696 g/mol. The topological polar surface area (TPSA) is 25.8 Å². The zero-order valence-corrected chi connectivity index (χ0v) is 26.1. The molecule has 238 valence electrons. The number of rotatable bonds is 5. The van der Waals surface area contributed by atoms with Gasteiger partial charge < -0.3 is 0 Å². The van der Waals surface area contributed by atoms with E-state index in [9.17, 15) is 15.1 Å². The molecule has 0 atom stereocenters. The van der Waals surface area contributed by atoms with Gasteiger partial charge in [0.15, 0.2) is 5.82 Å². The van der Waals surface area contributed by atoms with Gasteiger partial charge in [-0.3, -0.25) is 0 Å². The number of hydrogen-bond donors (Lipinski definition) is 0. The quantitative estimate of drug-likeness (QED) is 0.179. The molecule has 0 aliphatic rings. The summed E-state index contributed by atoms with van der Waals surface area (Å²) in [5, 5.41) is -3.20. The summed E-state index contributed by atoms with van der Waals surface area (Å²) in [6, 6.07) is -27.8. The van der Waals surface area contributed by atoms with E-state index in [2.05, 4.69) is 9.97 Å². The fourth-order valence-corrected chi connectivity index (χ4v) is 6.52. The predicted molar refractivity (Wildman–Crippen MR) is 217 cm³/mol. The molecule has 0 saturated carbocycles. The van der Waals surface area contributed by atoms with Crippen molar-refractivity contribution in [2.75, 3.05) is 0 Å². The molecule has 10 aromatic rings. The molecule has 0 unspecified atom stereocenters. The highest BCUT2D eigenvalue weighted by Gasteiger charge is 2.20. The molecular formula is C48H30N2S. The molecule has 2 aromatic heterocycles. The van der Waals surface area contributed by atoms with Crippen molar-refractivity contribution in [2.45, 2.75) is 0 Å². The molecule has 2 nitrogen and oxygen atoms in total. The van der Waals surface area contributed by atoms with Crippen molar-refractivity contribution in [3.8, 4) is 56.2 Å². The van der Waals surface area contributed by atoms with E-state index < -0.39 is 264 Å². The van der Waals surface area contributed by atoms with Crippen LogP contribution in [0.4, 0.5) is 0 Å². The zero-order valence-electron chi connectivity index (χ0n) is 55.3. The Labute approximate surface area is 342 Å². The SMILES string of the molecule is [2H]c1c(-c2c([2H])c([2H])c([2H])c([2H])c2[2H])nc(-c2c([2H])c3c(sc4c([2H])c([2H])c([2H])c([2H])c43)c3c([2H])c([2H])c([2H])c(-c4c([2H])c([2H])c5c([2H])c([2H])c([2H])c([2H])c5c4[2H])c23)nc1-c1c([2H])c([2H])c(-c2c([2H])c([2H])c([2H])c([2H])c2[2H])c([2H])c1[2H]. The van der Waals surface area contributed by atoms with Crippen LogP contribution in [-0.4, -0.2) is 9.97 Å². The Morgan fingerprint density at radius 1 is 0.392 bits per heavy atom. The van der Waals surface area contributed by atoms with Crippen LogP contribution in [0.1, 0.15) is 41.1 Å². The molecule has 8 aromatic carbocycles. The van der Waals surface area contributed by atoms with Gasteiger partial charge in [-0.2, -0.15) is 0 Å². The number of benzene rings is 8. The summed E-state index contributed by atoms with van der Waals surface area (Å²) in [7, 11) is 0. The lowest BCUT2D eigenvalue weighted by molar-refractivity contribution is 1.19. The number of aromatic nitrogens is 2. The third-order valence-electron chi connectivity index (χ3n) is 7.68. The Bertz CT molecular complexity index is 4560. The average molecular weight is 697 g/mol. The molecule has 0 amide bonds. The average Bonchev–Trinajstić information content (AvgIpc) is 3.92. The van der Waals surface area contributed by atoms with Gasteiger partial charge in [0, 0.05) is 47.6 Å². The summed E-state index contributed by atoms with van der Waals surface area (Å²) in [5.74, 6) is -0.976. The molecule has 0 bridgehead atoms. The molecule has 10 rings (SSSR count). The predicted octanol–water partition coefficient (Wildman–Crippen LogP) is 13.5. The second-order valence-electron chi connectivity index (χ2n) is 10.6. The summed E-state index contributed by atoms with van der Waals surface area (Å²) in [6.07, 6.45) is 0. The van der Waals surface area contributed by atoms with Crippen molar-refractivity contribution in [3.05, 3.63) is 181 Å². The van der Waals surface area contributed by atoms with E-state index in [-0.39, 0.29) is 14.8 Å². The fraction of sp³-hybridized carbons (Fsp3) is 0. The van der Waals surface area contributed by atoms with Gasteiger partial charge in [0.1, 0.15) is 0 Å². The van der Waals surface area contributed by atoms with Gasteiger partial charge in [-0.25, -0.2) is 9.97 Å². The third-order valence-corrected chi connectivity index (χ3v) is 8.80. The first-order chi connectivity index (χ1) is 37.8. The van der Waals surface area contributed by atoms with Crippen LogP contribution in [-0.2, 0) is 0 Å². The van der Waals surface area contributed by atoms with Gasteiger partial charge in [0.2, 0.25) is 0 Å². The molecule has 3 heteroatoms. The minimum atomic E-state index is -1.11. The largest absolute Gasteiger partial charge is 0.228 e. The minimum absolute atomic E-state index is 0.228. The lowest BCUT2D eigenvalue weighted by atomic mass is 9.91. The molecule has 0 radical (unpaired) electrons. The van der Waals surface area contributed by atoms with E-state index in [0.717, 1.165) is 0 Å². The highest BCUT2D eigenvalue weighted by Crippen LogP contribution is 2.46. The van der Waals surface area contributed by atoms with Crippen molar-refractivity contribution < 1.29 is 41.1 Å². The van der Waals surface area contributed by atoms with Crippen LogP contribution in [0.15, 0.2) is 181 Å². The lowest BCUT2D eigenvalue weighted by Crippen LogP contribution is -1.97. The van der Waals surface area contributed by atoms with E-state index in [1.165, 1.54) is 0 Å². The van der Waals surface area contributed by atoms with Crippen LogP contribution in [0.5, 0.6) is 0 Å². The van der Waals surface area contributed by atoms with Crippen LogP contribution < -0.4 is 0 Å². The first-order valence-corrected chi connectivity index (χ1v) is 15.6. The highest BCUT2D eigenvalue weighted by atomic mass is 32.1. The zero-order chi connectivity index (χ0) is 59.8. The van der Waals surface area contributed by atoms with Crippen LogP contribution in [0.25, 0.3) is 97.9 Å². The Hall–Kier alpha value is -6.42. The molecule has 2 heterocycles. The molecule has 0 aliphatic heterocycles. The minimum Gasteiger partial charge on any atom is -0.228 e. The van der Waals surface area contributed by atoms with Crippen LogP contribution in [0.2, 0.25) is 0 Å². The van der Waals surface area contributed by atoms with E-state index in [1.807, 2.05) is 0 Å². The second kappa shape index (κ2) is 12.2. The number of thiophene rings is 1. The van der Waals surface area contributed by atoms with Crippen molar-refractivity contribution >= 4 is 53.1 Å². The first kappa shape index (κ1) is 12.1. The maximum atomic E-state index is 10.2. The molecule has 0 spiro atoms. The smallest absolute Gasteiger partial charge is 0.161 e. The summed E-state index contributed by atoms with van der Waals surface area (Å²) in [4.78, 5) is 9.07. The first-order valence-electron chi connectivity index (χ1n) is 29.8.